The van der Waals surface area contributed by atoms with Crippen molar-refractivity contribution in [1.82, 2.24) is 4.98 Å². The van der Waals surface area contributed by atoms with Crippen LogP contribution in [0.3, 0.4) is 0 Å². The minimum absolute atomic E-state index is 0.0581. The normalized spacial score (nSPS) is 10.2. The first-order valence-electron chi connectivity index (χ1n) is 3.50. The van der Waals surface area contributed by atoms with E-state index in [9.17, 15) is 13.6 Å². The van der Waals surface area contributed by atoms with Crippen LogP contribution in [0.4, 0.5) is 8.78 Å². The lowest BCUT2D eigenvalue weighted by molar-refractivity contribution is -0.0531. The molecule has 0 bridgehead atoms. The highest BCUT2D eigenvalue weighted by atomic mass is 19.3. The van der Waals surface area contributed by atoms with Gasteiger partial charge in [-0.2, -0.15) is 8.78 Å². The summed E-state index contributed by atoms with van der Waals surface area (Å²) in [6.07, 6.45) is 1.75. The lowest BCUT2D eigenvalue weighted by atomic mass is 10.2. The molecule has 0 aliphatic carbocycles. The van der Waals surface area contributed by atoms with Gasteiger partial charge in [0.2, 0.25) is 5.88 Å². The fraction of sp³-hybridized carbons (Fsp3) is 0.250. The number of aryl methyl sites for hydroxylation is 1. The Hall–Kier alpha value is -1.52. The van der Waals surface area contributed by atoms with Crippen molar-refractivity contribution < 1.29 is 18.3 Å². The lowest BCUT2D eigenvalue weighted by Gasteiger charge is -2.06. The summed E-state index contributed by atoms with van der Waals surface area (Å²) < 4.78 is 27.6. The predicted molar refractivity (Wildman–Crippen MR) is 41.0 cm³/mol. The predicted octanol–water partition coefficient (Wildman–Crippen LogP) is 1.80. The number of ether oxygens (including phenoxy) is 1. The number of aldehydes is 1. The first kappa shape index (κ1) is 9.57. The Balaban J connectivity index is 3.05. The van der Waals surface area contributed by atoms with Crippen LogP contribution in [0.25, 0.3) is 0 Å². The molecular formula is C8H7F2NO2. The van der Waals surface area contributed by atoms with Gasteiger partial charge in [0.15, 0.2) is 6.29 Å². The van der Waals surface area contributed by atoms with Gasteiger partial charge >= 0.3 is 6.61 Å². The fourth-order valence-corrected chi connectivity index (χ4v) is 0.866. The molecule has 70 valence electrons. The number of hydrogen-bond donors (Lipinski definition) is 0. The second kappa shape index (κ2) is 3.93. The molecule has 0 amide bonds. The van der Waals surface area contributed by atoms with E-state index < -0.39 is 6.61 Å². The summed E-state index contributed by atoms with van der Waals surface area (Å²) in [6.45, 7) is -1.35. The van der Waals surface area contributed by atoms with Crippen LogP contribution < -0.4 is 4.74 Å². The van der Waals surface area contributed by atoms with E-state index in [4.69, 9.17) is 0 Å². The molecular weight excluding hydrogens is 180 g/mol. The number of hydrogen-bond acceptors (Lipinski definition) is 3. The van der Waals surface area contributed by atoms with Gasteiger partial charge in [-0.25, -0.2) is 4.98 Å². The highest BCUT2D eigenvalue weighted by molar-refractivity contribution is 5.80. The average molecular weight is 187 g/mol. The minimum atomic E-state index is -2.96. The first-order valence-corrected chi connectivity index (χ1v) is 3.50. The van der Waals surface area contributed by atoms with Gasteiger partial charge in [0.25, 0.3) is 0 Å². The smallest absolute Gasteiger partial charge is 0.388 e. The molecule has 0 aliphatic rings. The molecule has 0 spiro atoms. The number of aromatic nitrogens is 1. The van der Waals surface area contributed by atoms with E-state index in [2.05, 4.69) is 9.72 Å². The molecule has 1 heterocycles. The van der Waals surface area contributed by atoms with E-state index in [-0.39, 0.29) is 11.4 Å². The number of alkyl halides is 2. The summed E-state index contributed by atoms with van der Waals surface area (Å²) in [7, 11) is 0. The Morgan fingerprint density at radius 2 is 2.31 bits per heavy atom. The summed E-state index contributed by atoms with van der Waals surface area (Å²) in [4.78, 5) is 14.0. The standard InChI is InChI=1S/C8H7F2NO2/c1-5-2-3-11-7(6(5)4-12)13-8(9)10/h2-4,8H,1H3. The van der Waals surface area contributed by atoms with Crippen molar-refractivity contribution in [3.05, 3.63) is 23.4 Å². The van der Waals surface area contributed by atoms with Crippen molar-refractivity contribution in [3.8, 4) is 5.88 Å². The van der Waals surface area contributed by atoms with Crippen molar-refractivity contribution >= 4 is 6.29 Å². The third-order valence-corrected chi connectivity index (χ3v) is 1.49. The SMILES string of the molecule is Cc1ccnc(OC(F)F)c1C=O. The minimum Gasteiger partial charge on any atom is -0.416 e. The van der Waals surface area contributed by atoms with Gasteiger partial charge in [0.05, 0.1) is 5.56 Å². The molecule has 5 heteroatoms. The van der Waals surface area contributed by atoms with E-state index >= 15 is 0 Å². The monoisotopic (exact) mass is 187 g/mol. The van der Waals surface area contributed by atoms with Crippen LogP contribution in [0, 0.1) is 6.92 Å². The van der Waals surface area contributed by atoms with Crippen molar-refractivity contribution in [3.63, 3.8) is 0 Å². The van der Waals surface area contributed by atoms with Crippen LogP contribution in [0.5, 0.6) is 5.88 Å². The van der Waals surface area contributed by atoms with E-state index in [1.165, 1.54) is 6.20 Å². The second-order valence-electron chi connectivity index (χ2n) is 2.34. The van der Waals surface area contributed by atoms with Gasteiger partial charge in [-0.3, -0.25) is 4.79 Å². The summed E-state index contributed by atoms with van der Waals surface area (Å²) >= 11 is 0. The third kappa shape index (κ3) is 2.21. The highest BCUT2D eigenvalue weighted by Crippen LogP contribution is 2.18. The van der Waals surface area contributed by atoms with E-state index in [0.717, 1.165) is 0 Å². The summed E-state index contributed by atoms with van der Waals surface area (Å²) in [6, 6.07) is 1.54. The van der Waals surface area contributed by atoms with Gasteiger partial charge in [0, 0.05) is 6.20 Å². The van der Waals surface area contributed by atoms with Gasteiger partial charge in [-0.1, -0.05) is 0 Å². The Labute approximate surface area is 73.4 Å². The third-order valence-electron chi connectivity index (χ3n) is 1.49. The maximum absolute atomic E-state index is 11.8. The Bertz CT molecular complexity index is 315. The topological polar surface area (TPSA) is 39.2 Å². The number of nitrogens with zero attached hydrogens (tertiary/aromatic N) is 1. The molecule has 1 rings (SSSR count). The molecule has 3 nitrogen and oxygen atoms in total. The second-order valence-corrected chi connectivity index (χ2v) is 2.34. The molecule has 1 aromatic heterocycles. The molecule has 13 heavy (non-hydrogen) atoms. The van der Waals surface area contributed by atoms with E-state index in [1.807, 2.05) is 0 Å². The van der Waals surface area contributed by atoms with Crippen molar-refractivity contribution in [2.75, 3.05) is 0 Å². The molecule has 0 unspecified atom stereocenters. The fourth-order valence-electron chi connectivity index (χ4n) is 0.866. The lowest BCUT2D eigenvalue weighted by Crippen LogP contribution is -2.06. The number of pyridine rings is 1. The average Bonchev–Trinajstić information content (AvgIpc) is 2.03. The van der Waals surface area contributed by atoms with Crippen LogP contribution in [0.2, 0.25) is 0 Å². The zero-order chi connectivity index (χ0) is 9.84. The van der Waals surface area contributed by atoms with Crippen LogP contribution >= 0.6 is 0 Å². The molecule has 0 saturated carbocycles. The summed E-state index contributed by atoms with van der Waals surface area (Å²) in [5.41, 5.74) is 0.614. The largest absolute Gasteiger partial charge is 0.416 e. The van der Waals surface area contributed by atoms with Crippen LogP contribution in [0.1, 0.15) is 15.9 Å². The number of rotatable bonds is 3. The zero-order valence-electron chi connectivity index (χ0n) is 6.83. The first-order chi connectivity index (χ1) is 6.15. The molecule has 0 atom stereocenters. The molecule has 0 aliphatic heterocycles. The quantitative estimate of drug-likeness (QED) is 0.677. The van der Waals surface area contributed by atoms with Crippen LogP contribution in [-0.2, 0) is 0 Å². The Kier molecular flexibility index (Phi) is 2.89. The highest BCUT2D eigenvalue weighted by Gasteiger charge is 2.11. The number of carbonyl (C=O) groups excluding carboxylic acids is 1. The van der Waals surface area contributed by atoms with Crippen molar-refractivity contribution in [1.29, 1.82) is 0 Å². The van der Waals surface area contributed by atoms with Crippen molar-refractivity contribution in [2.24, 2.45) is 0 Å². The zero-order valence-corrected chi connectivity index (χ0v) is 6.83. The van der Waals surface area contributed by atoms with Crippen LogP contribution in [-0.4, -0.2) is 17.9 Å². The molecule has 0 fully saturated rings. The molecule has 0 radical (unpaired) electrons. The van der Waals surface area contributed by atoms with Gasteiger partial charge < -0.3 is 4.74 Å². The molecule has 0 N–H and O–H groups in total. The maximum atomic E-state index is 11.8. The summed E-state index contributed by atoms with van der Waals surface area (Å²) in [5, 5.41) is 0. The summed E-state index contributed by atoms with van der Waals surface area (Å²) in [5.74, 6) is -0.329. The Morgan fingerprint density at radius 3 is 2.85 bits per heavy atom. The Morgan fingerprint density at radius 1 is 1.62 bits per heavy atom. The molecule has 0 saturated heterocycles. The van der Waals surface area contributed by atoms with E-state index in [1.54, 1.807) is 13.0 Å². The number of halogens is 2. The van der Waals surface area contributed by atoms with Gasteiger partial charge in [-0.15, -0.1) is 0 Å². The molecule has 0 aromatic carbocycles. The van der Waals surface area contributed by atoms with Gasteiger partial charge in [0.1, 0.15) is 0 Å². The maximum Gasteiger partial charge on any atom is 0.388 e. The number of carbonyl (C=O) groups is 1. The van der Waals surface area contributed by atoms with E-state index in [0.29, 0.717) is 11.8 Å². The van der Waals surface area contributed by atoms with Gasteiger partial charge in [-0.05, 0) is 18.6 Å². The van der Waals surface area contributed by atoms with Crippen LogP contribution in [0.15, 0.2) is 12.3 Å². The molecule has 1 aromatic rings. The van der Waals surface area contributed by atoms with Crippen molar-refractivity contribution in [2.45, 2.75) is 13.5 Å².